The van der Waals surface area contributed by atoms with E-state index in [-0.39, 0.29) is 0 Å². The molecule has 0 bridgehead atoms. The lowest BCUT2D eigenvalue weighted by atomic mass is 10.1. The Labute approximate surface area is 82.0 Å². The van der Waals surface area contributed by atoms with E-state index in [9.17, 15) is 0 Å². The summed E-state index contributed by atoms with van der Waals surface area (Å²) in [5, 5.41) is 13.6. The maximum atomic E-state index is 8.31. The average Bonchev–Trinajstić information content (AvgIpc) is 2.26. The Kier molecular flexibility index (Phi) is 2.28. The fourth-order valence-electron chi connectivity index (χ4n) is 1.57. The summed E-state index contributed by atoms with van der Waals surface area (Å²) in [6.45, 7) is 0.540. The van der Waals surface area contributed by atoms with Gasteiger partial charge >= 0.3 is 5.08 Å². The molecule has 0 heterocycles. The van der Waals surface area contributed by atoms with Crippen LogP contribution in [0.3, 0.4) is 0 Å². The molecule has 0 fully saturated rings. The lowest BCUT2D eigenvalue weighted by molar-refractivity contribution is 0.849. The van der Waals surface area contributed by atoms with Crippen molar-refractivity contribution in [1.82, 2.24) is 5.43 Å². The van der Waals surface area contributed by atoms with Gasteiger partial charge in [-0.05, 0) is 21.8 Å². The number of benzene rings is 2. The fraction of sp³-hybridized carbons (Fsp3) is 0.0909. The Morgan fingerprint density at radius 1 is 1.07 bits per heavy atom. The molecule has 0 unspecified atom stereocenters. The first kappa shape index (κ1) is 8.52. The second kappa shape index (κ2) is 3.75. The van der Waals surface area contributed by atoms with E-state index in [0.717, 1.165) is 5.56 Å². The minimum absolute atomic E-state index is 0.540. The van der Waals surface area contributed by atoms with Crippen molar-refractivity contribution < 1.29 is 0 Å². The quantitative estimate of drug-likeness (QED) is 0.575. The number of rotatable bonds is 2. The minimum Gasteiger partial charge on any atom is -0.0616 e. The Morgan fingerprint density at radius 3 is 2.71 bits per heavy atom. The molecule has 68 valence electrons. The van der Waals surface area contributed by atoms with Crippen LogP contribution in [0, 0.1) is 5.39 Å². The fourth-order valence-corrected chi connectivity index (χ4v) is 1.57. The van der Waals surface area contributed by atoms with Crippen molar-refractivity contribution in [2.75, 3.05) is 0 Å². The van der Waals surface area contributed by atoms with Gasteiger partial charge in [-0.1, -0.05) is 42.5 Å². The summed E-state index contributed by atoms with van der Waals surface area (Å²) in [7, 11) is 0. The van der Waals surface area contributed by atoms with Gasteiger partial charge in [-0.15, -0.1) is 0 Å². The Balaban J connectivity index is 2.49. The highest BCUT2D eigenvalue weighted by atomic mass is 15.3. The molecule has 1 N–H and O–H groups in total. The highest BCUT2D eigenvalue weighted by molar-refractivity contribution is 5.85. The minimum atomic E-state index is 0.540. The van der Waals surface area contributed by atoms with Gasteiger partial charge in [-0.2, -0.15) is 0 Å². The van der Waals surface area contributed by atoms with Crippen molar-refractivity contribution >= 4 is 10.8 Å². The molecule has 0 radical (unpaired) electrons. The smallest absolute Gasteiger partial charge is 0.0616 e. The van der Waals surface area contributed by atoms with Crippen molar-refractivity contribution in [3.05, 3.63) is 53.1 Å². The summed E-state index contributed by atoms with van der Waals surface area (Å²) in [5.74, 6) is 0. The molecule has 0 aliphatic carbocycles. The standard InChI is InChI=1S/C11H10N3/c12-14-13-8-10-6-3-5-9-4-1-2-7-11(9)10/h1-7,13H,8H2/q+1. The molecule has 0 aromatic heterocycles. The molecule has 0 saturated carbocycles. The molecule has 0 spiro atoms. The molecule has 0 saturated heterocycles. The zero-order valence-corrected chi connectivity index (χ0v) is 7.64. The third-order valence-electron chi connectivity index (χ3n) is 2.22. The Bertz CT molecular complexity index is 480. The number of diazo groups is 1. The Morgan fingerprint density at radius 2 is 1.86 bits per heavy atom. The summed E-state index contributed by atoms with van der Waals surface area (Å²) < 4.78 is 0. The normalized spacial score (nSPS) is 9.64. The lowest BCUT2D eigenvalue weighted by Crippen LogP contribution is -2.01. The maximum Gasteiger partial charge on any atom is 0.303 e. The molecule has 3 heteroatoms. The number of hydrogen-bond acceptors (Lipinski definition) is 2. The predicted molar refractivity (Wildman–Crippen MR) is 55.9 cm³/mol. The first-order valence-electron chi connectivity index (χ1n) is 4.45. The van der Waals surface area contributed by atoms with Gasteiger partial charge < -0.3 is 0 Å². The van der Waals surface area contributed by atoms with Crippen LogP contribution in [0.15, 0.2) is 42.5 Å². The highest BCUT2D eigenvalue weighted by Gasteiger charge is 2.01. The summed E-state index contributed by atoms with van der Waals surface area (Å²) in [4.78, 5) is 0. The second-order valence-corrected chi connectivity index (χ2v) is 3.07. The molecule has 0 atom stereocenters. The van der Waals surface area contributed by atoms with Gasteiger partial charge in [-0.25, -0.2) is 0 Å². The van der Waals surface area contributed by atoms with Gasteiger partial charge in [-0.3, -0.25) is 0 Å². The van der Waals surface area contributed by atoms with E-state index in [1.165, 1.54) is 10.8 Å². The molecular formula is C11H10N3+. The topological polar surface area (TPSA) is 40.2 Å². The summed E-state index contributed by atoms with van der Waals surface area (Å²) in [6.07, 6.45) is 0. The molecule has 14 heavy (non-hydrogen) atoms. The number of fused-ring (bicyclic) bond motifs is 1. The van der Waals surface area contributed by atoms with E-state index in [1.807, 2.05) is 24.3 Å². The molecule has 0 amide bonds. The van der Waals surface area contributed by atoms with Gasteiger partial charge in [0.05, 0.1) is 0 Å². The van der Waals surface area contributed by atoms with E-state index < -0.39 is 0 Å². The first-order chi connectivity index (χ1) is 6.92. The summed E-state index contributed by atoms with van der Waals surface area (Å²) >= 11 is 0. The van der Waals surface area contributed by atoms with Crippen LogP contribution >= 0.6 is 0 Å². The van der Waals surface area contributed by atoms with Gasteiger partial charge in [0.2, 0.25) is 0 Å². The van der Waals surface area contributed by atoms with Crippen LogP contribution in [0.4, 0.5) is 0 Å². The van der Waals surface area contributed by atoms with E-state index in [2.05, 4.69) is 28.7 Å². The lowest BCUT2D eigenvalue weighted by Gasteiger charge is -2.01. The van der Waals surface area contributed by atoms with Gasteiger partial charge in [0, 0.05) is 0 Å². The van der Waals surface area contributed by atoms with Crippen LogP contribution in [-0.4, -0.2) is 0 Å². The summed E-state index contributed by atoms with van der Waals surface area (Å²) in [6, 6.07) is 14.2. The van der Waals surface area contributed by atoms with Crippen LogP contribution in [0.5, 0.6) is 0 Å². The highest BCUT2D eigenvalue weighted by Crippen LogP contribution is 2.17. The maximum absolute atomic E-state index is 8.31. The largest absolute Gasteiger partial charge is 0.303 e. The average molecular weight is 184 g/mol. The van der Waals surface area contributed by atoms with Crippen molar-refractivity contribution in [1.29, 1.82) is 5.39 Å². The molecule has 0 aliphatic rings. The van der Waals surface area contributed by atoms with Crippen LogP contribution < -0.4 is 5.43 Å². The van der Waals surface area contributed by atoms with Crippen LogP contribution in [0.2, 0.25) is 0 Å². The summed E-state index contributed by atoms with van der Waals surface area (Å²) in [5.41, 5.74) is 3.66. The third kappa shape index (κ3) is 1.50. The van der Waals surface area contributed by atoms with Gasteiger partial charge in [0.25, 0.3) is 5.39 Å². The van der Waals surface area contributed by atoms with Crippen molar-refractivity contribution in [2.45, 2.75) is 6.54 Å². The zero-order chi connectivity index (χ0) is 9.80. The molecule has 2 aromatic rings. The van der Waals surface area contributed by atoms with E-state index in [0.29, 0.717) is 6.54 Å². The Hall–Kier alpha value is -2.08. The van der Waals surface area contributed by atoms with Gasteiger partial charge in [0.1, 0.15) is 6.54 Å². The van der Waals surface area contributed by atoms with E-state index in [4.69, 9.17) is 5.39 Å². The van der Waals surface area contributed by atoms with Crippen LogP contribution in [-0.2, 0) is 6.54 Å². The van der Waals surface area contributed by atoms with Crippen molar-refractivity contribution in [3.8, 4) is 0 Å². The third-order valence-corrected chi connectivity index (χ3v) is 2.22. The molecular weight excluding hydrogens is 174 g/mol. The second-order valence-electron chi connectivity index (χ2n) is 3.07. The first-order valence-corrected chi connectivity index (χ1v) is 4.45. The van der Waals surface area contributed by atoms with E-state index >= 15 is 0 Å². The molecule has 0 aliphatic heterocycles. The monoisotopic (exact) mass is 184 g/mol. The van der Waals surface area contributed by atoms with Crippen LogP contribution in [0.25, 0.3) is 15.9 Å². The number of hydrogen-bond donors (Lipinski definition) is 1. The SMILES string of the molecule is N#[N+]NCc1cccc2ccccc12. The predicted octanol–water partition coefficient (Wildman–Crippen LogP) is 2.70. The van der Waals surface area contributed by atoms with Crippen LogP contribution in [0.1, 0.15) is 5.56 Å². The van der Waals surface area contributed by atoms with E-state index in [1.54, 1.807) is 0 Å². The zero-order valence-electron chi connectivity index (χ0n) is 7.64. The number of nitrogens with one attached hydrogen (secondary N) is 1. The van der Waals surface area contributed by atoms with Crippen molar-refractivity contribution in [2.24, 2.45) is 0 Å². The molecule has 2 aromatic carbocycles. The van der Waals surface area contributed by atoms with Gasteiger partial charge in [0.15, 0.2) is 0 Å². The molecule has 3 nitrogen and oxygen atoms in total. The van der Waals surface area contributed by atoms with Crippen molar-refractivity contribution in [3.63, 3.8) is 0 Å². The number of nitrogens with zero attached hydrogens (tertiary/aromatic N) is 2. The molecule has 2 rings (SSSR count).